The number of nitriles is 1. The van der Waals surface area contributed by atoms with Crippen LogP contribution in [-0.2, 0) is 16.8 Å². The SMILES string of the molecule is Cc1cc(Nc2nccc(-c3cc(C#N)c4c(c3)C(C)(CO)CN4)n2)n(CC(=O)N(C)C2CC2)n1. The Bertz CT molecular complexity index is 1340. The van der Waals surface area contributed by atoms with Crippen LogP contribution in [0.5, 0.6) is 0 Å². The minimum absolute atomic E-state index is 0.0102. The van der Waals surface area contributed by atoms with E-state index in [1.165, 1.54) is 0 Å². The summed E-state index contributed by atoms with van der Waals surface area (Å²) in [4.78, 5) is 23.4. The molecule has 180 valence electrons. The summed E-state index contributed by atoms with van der Waals surface area (Å²) < 4.78 is 1.63. The van der Waals surface area contributed by atoms with Crippen molar-refractivity contribution < 1.29 is 9.90 Å². The van der Waals surface area contributed by atoms with Crippen LogP contribution in [0.3, 0.4) is 0 Å². The zero-order valence-corrected chi connectivity index (χ0v) is 20.0. The van der Waals surface area contributed by atoms with Crippen LogP contribution in [-0.4, -0.2) is 61.9 Å². The first-order valence-electron chi connectivity index (χ1n) is 11.7. The van der Waals surface area contributed by atoms with Crippen molar-refractivity contribution in [3.05, 3.63) is 47.3 Å². The molecular formula is C25H28N8O2. The summed E-state index contributed by atoms with van der Waals surface area (Å²) >= 11 is 0. The summed E-state index contributed by atoms with van der Waals surface area (Å²) in [5.74, 6) is 0.991. The third-order valence-corrected chi connectivity index (χ3v) is 6.78. The summed E-state index contributed by atoms with van der Waals surface area (Å²) in [5.41, 5.74) is 3.87. The average Bonchev–Trinajstić information content (AvgIpc) is 3.58. The van der Waals surface area contributed by atoms with E-state index in [4.69, 9.17) is 0 Å². The summed E-state index contributed by atoms with van der Waals surface area (Å²) in [7, 11) is 1.83. The second kappa shape index (κ2) is 8.67. The lowest BCUT2D eigenvalue weighted by atomic mass is 9.83. The van der Waals surface area contributed by atoms with Gasteiger partial charge in [-0.15, -0.1) is 0 Å². The van der Waals surface area contributed by atoms with Crippen LogP contribution in [0.15, 0.2) is 30.5 Å². The Morgan fingerprint density at radius 1 is 1.40 bits per heavy atom. The van der Waals surface area contributed by atoms with Gasteiger partial charge in [-0.3, -0.25) is 4.79 Å². The number of carbonyl (C=O) groups excluding carboxylic acids is 1. The highest BCUT2D eigenvalue weighted by atomic mass is 16.3. The molecule has 10 heteroatoms. The number of fused-ring (bicyclic) bond motifs is 1. The molecule has 2 aliphatic rings. The van der Waals surface area contributed by atoms with Crippen LogP contribution in [0.4, 0.5) is 17.5 Å². The molecule has 3 aromatic rings. The number of aryl methyl sites for hydroxylation is 1. The van der Waals surface area contributed by atoms with E-state index >= 15 is 0 Å². The Balaban J connectivity index is 1.43. The maximum Gasteiger partial charge on any atom is 0.244 e. The van der Waals surface area contributed by atoms with Crippen molar-refractivity contribution >= 4 is 23.4 Å². The number of aromatic nitrogens is 4. The van der Waals surface area contributed by atoms with Crippen molar-refractivity contribution in [3.8, 4) is 17.3 Å². The zero-order valence-electron chi connectivity index (χ0n) is 20.0. The number of benzene rings is 1. The first kappa shape index (κ1) is 22.8. The zero-order chi connectivity index (χ0) is 24.7. The molecule has 0 bridgehead atoms. The number of amides is 1. The fourth-order valence-corrected chi connectivity index (χ4v) is 4.43. The summed E-state index contributed by atoms with van der Waals surface area (Å²) in [6.45, 7) is 4.50. The Morgan fingerprint density at radius 2 is 2.20 bits per heavy atom. The van der Waals surface area contributed by atoms with Crippen molar-refractivity contribution in [1.82, 2.24) is 24.6 Å². The number of nitrogens with zero attached hydrogens (tertiary/aromatic N) is 6. The summed E-state index contributed by atoms with van der Waals surface area (Å²) in [6.07, 6.45) is 3.75. The predicted octanol–water partition coefficient (Wildman–Crippen LogP) is 2.56. The molecule has 1 amide bonds. The van der Waals surface area contributed by atoms with Gasteiger partial charge in [-0.2, -0.15) is 10.4 Å². The molecule has 0 saturated heterocycles. The summed E-state index contributed by atoms with van der Waals surface area (Å²) in [5, 5.41) is 30.6. The maximum absolute atomic E-state index is 12.6. The van der Waals surface area contributed by atoms with Gasteiger partial charge in [0.25, 0.3) is 0 Å². The van der Waals surface area contributed by atoms with Gasteiger partial charge in [0.05, 0.1) is 29.2 Å². The topological polar surface area (TPSA) is 132 Å². The lowest BCUT2D eigenvalue weighted by molar-refractivity contribution is -0.131. The molecule has 1 saturated carbocycles. The molecule has 0 spiro atoms. The Kier molecular flexibility index (Phi) is 5.65. The monoisotopic (exact) mass is 472 g/mol. The largest absolute Gasteiger partial charge is 0.395 e. The number of hydrogen-bond donors (Lipinski definition) is 3. The Labute approximate surface area is 203 Å². The smallest absolute Gasteiger partial charge is 0.244 e. The van der Waals surface area contributed by atoms with Crippen molar-refractivity contribution in [2.24, 2.45) is 0 Å². The van der Waals surface area contributed by atoms with E-state index < -0.39 is 5.41 Å². The Morgan fingerprint density at radius 3 is 2.91 bits per heavy atom. The molecule has 1 unspecified atom stereocenters. The van der Waals surface area contributed by atoms with Gasteiger partial charge in [-0.25, -0.2) is 14.6 Å². The number of aliphatic hydroxyl groups is 1. The molecule has 1 fully saturated rings. The van der Waals surface area contributed by atoms with Crippen LogP contribution >= 0.6 is 0 Å². The average molecular weight is 473 g/mol. The lowest BCUT2D eigenvalue weighted by Gasteiger charge is -2.21. The van der Waals surface area contributed by atoms with Crippen LogP contribution in [0.2, 0.25) is 0 Å². The molecule has 10 nitrogen and oxygen atoms in total. The molecule has 5 rings (SSSR count). The van der Waals surface area contributed by atoms with Gasteiger partial charge >= 0.3 is 0 Å². The second-order valence-electron chi connectivity index (χ2n) is 9.59. The lowest BCUT2D eigenvalue weighted by Crippen LogP contribution is -2.32. The van der Waals surface area contributed by atoms with Crippen molar-refractivity contribution in [3.63, 3.8) is 0 Å². The predicted molar refractivity (Wildman–Crippen MR) is 131 cm³/mol. The van der Waals surface area contributed by atoms with E-state index in [1.807, 2.05) is 33.0 Å². The van der Waals surface area contributed by atoms with Gasteiger partial charge in [0, 0.05) is 42.9 Å². The van der Waals surface area contributed by atoms with Crippen molar-refractivity contribution in [2.75, 3.05) is 30.8 Å². The highest BCUT2D eigenvalue weighted by Crippen LogP contribution is 2.41. The number of likely N-dealkylation sites (N-methyl/N-ethyl adjacent to an activating group) is 1. The fourth-order valence-electron chi connectivity index (χ4n) is 4.43. The number of nitrogens with one attached hydrogen (secondary N) is 2. The Hall–Kier alpha value is -3.97. The van der Waals surface area contributed by atoms with E-state index in [2.05, 4.69) is 31.8 Å². The minimum Gasteiger partial charge on any atom is -0.395 e. The highest BCUT2D eigenvalue weighted by molar-refractivity contribution is 5.77. The normalized spacial score (nSPS) is 18.5. The van der Waals surface area contributed by atoms with E-state index in [0.29, 0.717) is 35.6 Å². The molecule has 3 heterocycles. The highest BCUT2D eigenvalue weighted by Gasteiger charge is 2.36. The summed E-state index contributed by atoms with van der Waals surface area (Å²) in [6, 6.07) is 9.99. The van der Waals surface area contributed by atoms with Crippen LogP contribution < -0.4 is 10.6 Å². The number of hydrogen-bond acceptors (Lipinski definition) is 8. The van der Waals surface area contributed by atoms with Gasteiger partial charge in [0.1, 0.15) is 18.4 Å². The van der Waals surface area contributed by atoms with Crippen molar-refractivity contribution in [1.29, 1.82) is 5.26 Å². The molecule has 1 aromatic carbocycles. The number of rotatable bonds is 7. The molecule has 1 aliphatic carbocycles. The van der Waals surface area contributed by atoms with Gasteiger partial charge in [-0.05, 0) is 43.5 Å². The molecule has 3 N–H and O–H groups in total. The molecular weight excluding hydrogens is 444 g/mol. The molecule has 1 aliphatic heterocycles. The van der Waals surface area contributed by atoms with E-state index in [9.17, 15) is 15.2 Å². The fraction of sp³-hybridized carbons (Fsp3) is 0.400. The number of anilines is 3. The van der Waals surface area contributed by atoms with Crippen LogP contribution in [0.25, 0.3) is 11.3 Å². The molecule has 1 atom stereocenters. The number of aliphatic hydroxyl groups excluding tert-OH is 1. The van der Waals surface area contributed by atoms with E-state index in [0.717, 1.165) is 35.3 Å². The molecule has 0 radical (unpaired) electrons. The van der Waals surface area contributed by atoms with Gasteiger partial charge in [-0.1, -0.05) is 6.92 Å². The maximum atomic E-state index is 12.6. The van der Waals surface area contributed by atoms with Crippen LogP contribution in [0, 0.1) is 18.3 Å². The molecule has 2 aromatic heterocycles. The third kappa shape index (κ3) is 4.31. The standard InChI is InChI=1S/C25H28N8O2/c1-15-8-21(33(31-15)12-22(35)32(3)18-4-5-18)30-24-27-7-6-20(29-24)16-9-17(11-26)23-19(10-16)25(2,14-34)13-28-23/h6-10,18,28,34H,4-5,12-14H2,1-3H3,(H,27,29,30). The van der Waals surface area contributed by atoms with E-state index in [-0.39, 0.29) is 19.1 Å². The van der Waals surface area contributed by atoms with Gasteiger partial charge in [0.2, 0.25) is 11.9 Å². The van der Waals surface area contributed by atoms with Gasteiger partial charge < -0.3 is 20.6 Å². The number of carbonyl (C=O) groups is 1. The van der Waals surface area contributed by atoms with Crippen molar-refractivity contribution in [2.45, 2.75) is 44.7 Å². The first-order chi connectivity index (χ1) is 16.8. The second-order valence-corrected chi connectivity index (χ2v) is 9.59. The van der Waals surface area contributed by atoms with E-state index in [1.54, 1.807) is 27.9 Å². The minimum atomic E-state index is -0.477. The first-order valence-corrected chi connectivity index (χ1v) is 11.7. The third-order valence-electron chi connectivity index (χ3n) is 6.78. The van der Waals surface area contributed by atoms with Crippen LogP contribution in [0.1, 0.15) is 36.6 Å². The quantitative estimate of drug-likeness (QED) is 0.478. The molecule has 35 heavy (non-hydrogen) atoms. The van der Waals surface area contributed by atoms with Gasteiger partial charge in [0.15, 0.2) is 0 Å².